The quantitative estimate of drug-likeness (QED) is 0.860. The number of benzene rings is 1. The molecule has 3 aliphatic rings. The van der Waals surface area contributed by atoms with Crippen molar-refractivity contribution >= 4 is 26.0 Å². The summed E-state index contributed by atoms with van der Waals surface area (Å²) in [7, 11) is -3.41. The Hall–Kier alpha value is -0.470. The monoisotopic (exact) mass is 359 g/mol. The van der Waals surface area contributed by atoms with E-state index in [0.29, 0.717) is 17.5 Å². The van der Waals surface area contributed by atoms with Crippen molar-refractivity contribution < 1.29 is 8.42 Å². The number of rotatable bonds is 4. The van der Waals surface area contributed by atoms with E-state index in [9.17, 15) is 8.42 Å². The highest BCUT2D eigenvalue weighted by atomic mass is 79.9. The van der Waals surface area contributed by atoms with Gasteiger partial charge in [-0.1, -0.05) is 15.9 Å². The molecular weight excluding hydrogens is 342 g/mol. The third-order valence-electron chi connectivity index (χ3n) is 4.03. The summed E-state index contributed by atoms with van der Waals surface area (Å²) in [6.45, 7) is 5.75. The zero-order valence-corrected chi connectivity index (χ0v) is 13.5. The Balaban J connectivity index is 1.64. The Labute approximate surface area is 128 Å². The van der Waals surface area contributed by atoms with Crippen LogP contribution < -0.4 is 4.72 Å². The number of fused-ring (bicyclic) bond motifs is 3. The molecule has 0 radical (unpaired) electrons. The van der Waals surface area contributed by atoms with Crippen LogP contribution in [0, 0.1) is 0 Å². The predicted molar refractivity (Wildman–Crippen MR) is 81.1 cm³/mol. The average Bonchev–Trinajstić information content (AvgIpc) is 2.47. The number of hydrogen-bond donors (Lipinski definition) is 1. The van der Waals surface area contributed by atoms with E-state index in [1.807, 2.05) is 0 Å². The van der Waals surface area contributed by atoms with Gasteiger partial charge in [-0.25, -0.2) is 13.1 Å². The SMILES string of the molecule is O=S(=O)(NCC1CN2CCN1CC2)c1ccc(Br)cc1. The Bertz CT molecular complexity index is 568. The first-order valence-electron chi connectivity index (χ1n) is 6.76. The van der Waals surface area contributed by atoms with Gasteiger partial charge in [0, 0.05) is 49.8 Å². The molecule has 110 valence electrons. The third kappa shape index (κ3) is 3.07. The van der Waals surface area contributed by atoms with E-state index in [-0.39, 0.29) is 0 Å². The van der Waals surface area contributed by atoms with Gasteiger partial charge in [-0.3, -0.25) is 9.80 Å². The maximum absolute atomic E-state index is 12.2. The van der Waals surface area contributed by atoms with Crippen molar-refractivity contribution in [1.82, 2.24) is 14.5 Å². The van der Waals surface area contributed by atoms with E-state index < -0.39 is 10.0 Å². The number of halogens is 1. The van der Waals surface area contributed by atoms with E-state index >= 15 is 0 Å². The fourth-order valence-corrected chi connectivity index (χ4v) is 4.16. The van der Waals surface area contributed by atoms with Gasteiger partial charge >= 0.3 is 0 Å². The van der Waals surface area contributed by atoms with Crippen molar-refractivity contribution in [2.75, 3.05) is 39.3 Å². The molecule has 2 bridgehead atoms. The fraction of sp³-hybridized carbons (Fsp3) is 0.538. The lowest BCUT2D eigenvalue weighted by Crippen LogP contribution is -2.63. The molecule has 3 fully saturated rings. The molecular formula is C13H18BrN3O2S. The second-order valence-corrected chi connectivity index (χ2v) is 7.98. The normalized spacial score (nSPS) is 29.6. The lowest BCUT2D eigenvalue weighted by Gasteiger charge is -2.47. The second-order valence-electron chi connectivity index (χ2n) is 5.30. The van der Waals surface area contributed by atoms with E-state index in [0.717, 1.165) is 37.2 Å². The first-order valence-corrected chi connectivity index (χ1v) is 9.04. The molecule has 0 amide bonds. The van der Waals surface area contributed by atoms with E-state index in [4.69, 9.17) is 0 Å². The largest absolute Gasteiger partial charge is 0.299 e. The summed E-state index contributed by atoms with van der Waals surface area (Å²) >= 11 is 3.31. The molecule has 1 unspecified atom stereocenters. The highest BCUT2D eigenvalue weighted by Gasteiger charge is 2.32. The lowest BCUT2D eigenvalue weighted by molar-refractivity contribution is 0.0158. The van der Waals surface area contributed by atoms with E-state index in [1.54, 1.807) is 24.3 Å². The summed E-state index contributed by atoms with van der Waals surface area (Å²) in [6, 6.07) is 7.01. The fourth-order valence-electron chi connectivity index (χ4n) is 2.82. The van der Waals surface area contributed by atoms with Crippen LogP contribution in [-0.2, 0) is 10.0 Å². The first-order chi connectivity index (χ1) is 9.54. The summed E-state index contributed by atoms with van der Waals surface area (Å²) in [6.07, 6.45) is 0. The molecule has 1 aromatic carbocycles. The van der Waals surface area contributed by atoms with Crippen molar-refractivity contribution in [3.8, 4) is 0 Å². The van der Waals surface area contributed by atoms with Crippen LogP contribution in [0.15, 0.2) is 33.6 Å². The number of nitrogens with zero attached hydrogens (tertiary/aromatic N) is 2. The van der Waals surface area contributed by atoms with Crippen LogP contribution in [-0.4, -0.2) is 63.5 Å². The van der Waals surface area contributed by atoms with Gasteiger partial charge in [0.15, 0.2) is 0 Å². The highest BCUT2D eigenvalue weighted by Crippen LogP contribution is 2.17. The minimum atomic E-state index is -3.41. The van der Waals surface area contributed by atoms with Crippen molar-refractivity contribution in [2.24, 2.45) is 0 Å². The molecule has 0 aliphatic carbocycles. The summed E-state index contributed by atoms with van der Waals surface area (Å²) < 4.78 is 28.1. The van der Waals surface area contributed by atoms with Crippen molar-refractivity contribution in [2.45, 2.75) is 10.9 Å². The minimum absolute atomic E-state index is 0.294. The zero-order valence-electron chi connectivity index (χ0n) is 11.1. The molecule has 20 heavy (non-hydrogen) atoms. The topological polar surface area (TPSA) is 52.7 Å². The summed E-state index contributed by atoms with van der Waals surface area (Å²) in [4.78, 5) is 5.10. The maximum Gasteiger partial charge on any atom is 0.240 e. The number of piperazine rings is 3. The maximum atomic E-state index is 12.2. The zero-order chi connectivity index (χ0) is 14.2. The van der Waals surface area contributed by atoms with Gasteiger partial charge in [-0.15, -0.1) is 0 Å². The molecule has 1 atom stereocenters. The molecule has 0 saturated carbocycles. The molecule has 7 heteroatoms. The van der Waals surface area contributed by atoms with Crippen LogP contribution in [0.5, 0.6) is 0 Å². The summed E-state index contributed by atoms with van der Waals surface area (Å²) in [5.41, 5.74) is 0. The third-order valence-corrected chi connectivity index (χ3v) is 5.99. The van der Waals surface area contributed by atoms with Gasteiger partial charge in [-0.05, 0) is 24.3 Å². The van der Waals surface area contributed by atoms with Gasteiger partial charge in [0.1, 0.15) is 0 Å². The van der Waals surface area contributed by atoms with Gasteiger partial charge in [-0.2, -0.15) is 0 Å². The van der Waals surface area contributed by atoms with E-state index in [1.165, 1.54) is 0 Å². The molecule has 0 spiro atoms. The summed E-state index contributed by atoms with van der Waals surface area (Å²) in [5, 5.41) is 0. The van der Waals surface area contributed by atoms with Gasteiger partial charge in [0.2, 0.25) is 10.0 Å². The van der Waals surface area contributed by atoms with Gasteiger partial charge < -0.3 is 0 Å². The summed E-state index contributed by atoms with van der Waals surface area (Å²) in [5.74, 6) is 0. The van der Waals surface area contributed by atoms with Crippen LogP contribution in [0.4, 0.5) is 0 Å². The number of hydrogen-bond acceptors (Lipinski definition) is 4. The van der Waals surface area contributed by atoms with Crippen LogP contribution in [0.3, 0.4) is 0 Å². The average molecular weight is 360 g/mol. The molecule has 5 nitrogen and oxygen atoms in total. The molecule has 4 rings (SSSR count). The van der Waals surface area contributed by atoms with Crippen LogP contribution in [0.2, 0.25) is 0 Å². The standard InChI is InChI=1S/C13H18BrN3O2S/c14-11-1-3-13(4-2-11)20(18,19)15-9-12-10-16-5-7-17(12)8-6-16/h1-4,12,15H,5-10H2. The molecule has 0 aromatic heterocycles. The second kappa shape index (κ2) is 5.73. The molecule has 3 saturated heterocycles. The Morgan fingerprint density at radius 3 is 2.35 bits per heavy atom. The van der Waals surface area contributed by atoms with Crippen LogP contribution >= 0.6 is 15.9 Å². The molecule has 3 aliphatic heterocycles. The van der Waals surface area contributed by atoms with Crippen molar-refractivity contribution in [3.05, 3.63) is 28.7 Å². The Kier molecular flexibility index (Phi) is 4.14. The van der Waals surface area contributed by atoms with Crippen LogP contribution in [0.25, 0.3) is 0 Å². The van der Waals surface area contributed by atoms with Gasteiger partial charge in [0.05, 0.1) is 4.90 Å². The van der Waals surface area contributed by atoms with Crippen molar-refractivity contribution in [1.29, 1.82) is 0 Å². The van der Waals surface area contributed by atoms with E-state index in [2.05, 4.69) is 30.5 Å². The van der Waals surface area contributed by atoms with Crippen molar-refractivity contribution in [3.63, 3.8) is 0 Å². The lowest BCUT2D eigenvalue weighted by atomic mass is 10.1. The Morgan fingerprint density at radius 2 is 1.80 bits per heavy atom. The smallest absolute Gasteiger partial charge is 0.240 e. The Morgan fingerprint density at radius 1 is 1.15 bits per heavy atom. The predicted octanol–water partition coefficient (Wildman–Crippen LogP) is 0.727. The minimum Gasteiger partial charge on any atom is -0.299 e. The highest BCUT2D eigenvalue weighted by molar-refractivity contribution is 9.10. The molecule has 1 N–H and O–H groups in total. The first kappa shape index (κ1) is 14.5. The number of sulfonamides is 1. The molecule has 3 heterocycles. The van der Waals surface area contributed by atoms with Gasteiger partial charge in [0.25, 0.3) is 0 Å². The van der Waals surface area contributed by atoms with Crippen LogP contribution in [0.1, 0.15) is 0 Å². The number of nitrogens with one attached hydrogen (secondary N) is 1. The molecule has 1 aromatic rings.